The van der Waals surface area contributed by atoms with Gasteiger partial charge in [0, 0.05) is 51.9 Å². The van der Waals surface area contributed by atoms with Gasteiger partial charge in [-0.2, -0.15) is 0 Å². The number of nitrogens with one attached hydrogen (secondary N) is 1. The highest BCUT2D eigenvalue weighted by Gasteiger charge is 2.27. The molecule has 1 N–H and O–H groups in total. The van der Waals surface area contributed by atoms with Crippen LogP contribution in [0.3, 0.4) is 0 Å². The number of carbonyl (C=O) groups is 3. The van der Waals surface area contributed by atoms with Gasteiger partial charge in [-0.1, -0.05) is 24.6 Å². The summed E-state index contributed by atoms with van der Waals surface area (Å²) in [5.74, 6) is 1.30. The van der Waals surface area contributed by atoms with E-state index in [-0.39, 0.29) is 17.1 Å². The second kappa shape index (κ2) is 10.2. The van der Waals surface area contributed by atoms with Crippen LogP contribution in [0.15, 0.2) is 0 Å². The van der Waals surface area contributed by atoms with Gasteiger partial charge in [0.1, 0.15) is 6.04 Å². The molecule has 1 unspecified atom stereocenters. The van der Waals surface area contributed by atoms with Crippen molar-refractivity contribution in [1.29, 1.82) is 0 Å². The molecule has 0 aromatic carbocycles. The summed E-state index contributed by atoms with van der Waals surface area (Å²) in [7, 11) is 2.05. The molecule has 2 aliphatic rings. The normalized spacial score (nSPS) is 19.1. The number of piperazine rings is 1. The average molecular weight is 385 g/mol. The summed E-state index contributed by atoms with van der Waals surface area (Å²) >= 11 is 1.23. The van der Waals surface area contributed by atoms with Gasteiger partial charge in [-0.25, -0.2) is 4.79 Å². The minimum absolute atomic E-state index is 0.0216. The molecule has 0 spiro atoms. The van der Waals surface area contributed by atoms with E-state index in [0.29, 0.717) is 31.9 Å². The van der Waals surface area contributed by atoms with E-state index in [2.05, 4.69) is 10.2 Å². The monoisotopic (exact) mass is 384 g/mol. The van der Waals surface area contributed by atoms with Gasteiger partial charge in [0.05, 0.1) is 0 Å². The zero-order valence-corrected chi connectivity index (χ0v) is 17.0. The van der Waals surface area contributed by atoms with Crippen molar-refractivity contribution in [1.82, 2.24) is 20.0 Å². The molecule has 0 aromatic heterocycles. The van der Waals surface area contributed by atoms with E-state index in [1.165, 1.54) is 31.5 Å². The second-order valence-corrected chi connectivity index (χ2v) is 8.63. The summed E-state index contributed by atoms with van der Waals surface area (Å²) in [6.07, 6.45) is 3.49. The minimum Gasteiger partial charge on any atom is -0.338 e. The van der Waals surface area contributed by atoms with Crippen molar-refractivity contribution in [3.8, 4) is 0 Å². The third-order valence-electron chi connectivity index (χ3n) is 4.98. The Morgan fingerprint density at radius 1 is 1.15 bits per heavy atom. The first-order valence-electron chi connectivity index (χ1n) is 9.53. The van der Waals surface area contributed by atoms with E-state index < -0.39 is 6.04 Å². The van der Waals surface area contributed by atoms with Crippen LogP contribution in [0.1, 0.15) is 33.1 Å². The number of urea groups is 1. The molecule has 2 rings (SSSR count). The smallest absolute Gasteiger partial charge is 0.318 e. The van der Waals surface area contributed by atoms with Crippen LogP contribution in [-0.4, -0.2) is 89.9 Å². The molecule has 7 nitrogen and oxygen atoms in total. The predicted molar refractivity (Wildman–Crippen MR) is 104 cm³/mol. The van der Waals surface area contributed by atoms with Crippen molar-refractivity contribution >= 4 is 28.8 Å². The van der Waals surface area contributed by atoms with Crippen molar-refractivity contribution < 1.29 is 14.4 Å². The maximum atomic E-state index is 12.6. The molecule has 1 saturated carbocycles. The molecular weight excluding hydrogens is 352 g/mol. The molecular formula is C18H32N4O3S. The third-order valence-corrected chi connectivity index (χ3v) is 5.78. The predicted octanol–water partition coefficient (Wildman–Crippen LogP) is 1.24. The van der Waals surface area contributed by atoms with Crippen molar-refractivity contribution in [2.45, 2.75) is 39.2 Å². The van der Waals surface area contributed by atoms with Gasteiger partial charge in [-0.05, 0) is 26.3 Å². The quantitative estimate of drug-likeness (QED) is 0.682. The number of amides is 3. The fraction of sp³-hybridized carbons (Fsp3) is 0.833. The first kappa shape index (κ1) is 21.0. The molecule has 0 bridgehead atoms. The maximum Gasteiger partial charge on any atom is 0.318 e. The first-order chi connectivity index (χ1) is 12.4. The van der Waals surface area contributed by atoms with E-state index in [9.17, 15) is 14.4 Å². The molecule has 0 radical (unpaired) electrons. The highest BCUT2D eigenvalue weighted by Crippen LogP contribution is 2.32. The molecule has 1 aliphatic heterocycles. The summed E-state index contributed by atoms with van der Waals surface area (Å²) in [5, 5.41) is 2.92. The summed E-state index contributed by atoms with van der Waals surface area (Å²) in [5.41, 5.74) is 0. The van der Waals surface area contributed by atoms with Crippen LogP contribution in [0.5, 0.6) is 0 Å². The Balaban J connectivity index is 1.82. The zero-order valence-electron chi connectivity index (χ0n) is 16.2. The average Bonchev–Trinajstić information content (AvgIpc) is 3.41. The Labute approximate surface area is 160 Å². The molecule has 1 atom stereocenters. The van der Waals surface area contributed by atoms with Crippen LogP contribution in [-0.2, 0) is 9.59 Å². The molecule has 8 heteroatoms. The lowest BCUT2D eigenvalue weighted by atomic mass is 10.2. The topological polar surface area (TPSA) is 73.0 Å². The number of hydrogen-bond acceptors (Lipinski definition) is 5. The third kappa shape index (κ3) is 7.15. The number of rotatable bonds is 8. The molecule has 0 aromatic rings. The lowest BCUT2D eigenvalue weighted by Crippen LogP contribution is -2.55. The van der Waals surface area contributed by atoms with E-state index in [1.807, 2.05) is 11.9 Å². The van der Waals surface area contributed by atoms with Crippen molar-refractivity contribution in [3.05, 3.63) is 0 Å². The van der Waals surface area contributed by atoms with Gasteiger partial charge < -0.3 is 20.0 Å². The van der Waals surface area contributed by atoms with Gasteiger partial charge >= 0.3 is 6.03 Å². The maximum absolute atomic E-state index is 12.6. The van der Waals surface area contributed by atoms with E-state index in [4.69, 9.17) is 0 Å². The SMILES string of the molecule is CC(=O)SCCN(CCC1CC1)C(=O)NC(C)C(=O)N1CCN(C)CC1. The Morgan fingerprint density at radius 2 is 1.81 bits per heavy atom. The van der Waals surface area contributed by atoms with Crippen molar-refractivity contribution in [2.75, 3.05) is 52.1 Å². The Morgan fingerprint density at radius 3 is 2.38 bits per heavy atom. The lowest BCUT2D eigenvalue weighted by Gasteiger charge is -2.34. The van der Waals surface area contributed by atoms with E-state index >= 15 is 0 Å². The molecule has 148 valence electrons. The summed E-state index contributed by atoms with van der Waals surface area (Å²) < 4.78 is 0. The summed E-state index contributed by atoms with van der Waals surface area (Å²) in [6.45, 7) is 7.64. The van der Waals surface area contributed by atoms with Gasteiger partial charge in [0.2, 0.25) is 5.91 Å². The molecule has 3 amide bonds. The summed E-state index contributed by atoms with van der Waals surface area (Å²) in [4.78, 5) is 42.1. The van der Waals surface area contributed by atoms with Crippen molar-refractivity contribution in [2.24, 2.45) is 5.92 Å². The first-order valence-corrected chi connectivity index (χ1v) is 10.5. The van der Waals surface area contributed by atoms with E-state index in [1.54, 1.807) is 11.8 Å². The zero-order chi connectivity index (χ0) is 19.1. The number of likely N-dealkylation sites (N-methyl/N-ethyl adjacent to an activating group) is 1. The number of nitrogens with zero attached hydrogens (tertiary/aromatic N) is 3. The lowest BCUT2D eigenvalue weighted by molar-refractivity contribution is -0.134. The van der Waals surface area contributed by atoms with Gasteiger partial charge in [0.25, 0.3) is 0 Å². The molecule has 1 saturated heterocycles. The highest BCUT2D eigenvalue weighted by atomic mass is 32.2. The van der Waals surface area contributed by atoms with Gasteiger partial charge in [0.15, 0.2) is 5.12 Å². The van der Waals surface area contributed by atoms with Crippen LogP contribution < -0.4 is 5.32 Å². The van der Waals surface area contributed by atoms with Crippen LogP contribution >= 0.6 is 11.8 Å². The standard InChI is InChI=1S/C18H32N4O3S/c1-14(17(24)21-10-8-20(3)9-11-21)19-18(25)22(7-6-16-4-5-16)12-13-26-15(2)23/h14,16H,4-13H2,1-3H3,(H,19,25). The van der Waals surface area contributed by atoms with Crippen LogP contribution in [0.25, 0.3) is 0 Å². The van der Waals surface area contributed by atoms with Crippen LogP contribution in [0.4, 0.5) is 4.79 Å². The minimum atomic E-state index is -0.533. The van der Waals surface area contributed by atoms with E-state index in [0.717, 1.165) is 25.4 Å². The molecule has 1 aliphatic carbocycles. The van der Waals surface area contributed by atoms with Gasteiger partial charge in [-0.15, -0.1) is 0 Å². The van der Waals surface area contributed by atoms with Crippen molar-refractivity contribution in [3.63, 3.8) is 0 Å². The number of thioether (sulfide) groups is 1. The Kier molecular flexibility index (Phi) is 8.21. The fourth-order valence-electron chi connectivity index (χ4n) is 3.00. The molecule has 1 heterocycles. The largest absolute Gasteiger partial charge is 0.338 e. The molecule has 26 heavy (non-hydrogen) atoms. The number of hydrogen-bond donors (Lipinski definition) is 1. The summed E-state index contributed by atoms with van der Waals surface area (Å²) in [6, 6.07) is -0.737. The molecule has 2 fully saturated rings. The number of carbonyl (C=O) groups excluding carboxylic acids is 3. The Bertz CT molecular complexity index is 505. The Hall–Kier alpha value is -1.28. The van der Waals surface area contributed by atoms with Crippen LogP contribution in [0.2, 0.25) is 0 Å². The van der Waals surface area contributed by atoms with Crippen LogP contribution in [0, 0.1) is 5.92 Å². The highest BCUT2D eigenvalue weighted by molar-refractivity contribution is 8.13. The fourth-order valence-corrected chi connectivity index (χ4v) is 3.60. The van der Waals surface area contributed by atoms with Gasteiger partial charge in [-0.3, -0.25) is 9.59 Å². The second-order valence-electron chi connectivity index (χ2n) is 7.36.